The van der Waals surface area contributed by atoms with Gasteiger partial charge in [-0.2, -0.15) is 0 Å². The number of halogens is 1. The summed E-state index contributed by atoms with van der Waals surface area (Å²) in [4.78, 5) is 13.2. The minimum absolute atomic E-state index is 0. The first-order chi connectivity index (χ1) is 4.73. The first kappa shape index (κ1) is 12.8. The molecule has 0 unspecified atom stereocenters. The van der Waals surface area contributed by atoms with Gasteiger partial charge < -0.3 is 4.79 Å². The van der Waals surface area contributed by atoms with Crippen molar-refractivity contribution in [2.75, 3.05) is 0 Å². The summed E-state index contributed by atoms with van der Waals surface area (Å²) in [5.41, 5.74) is 0. The standard InChI is InChI=1S/C5H5N.C3H6O.ClH/c1-2-4-6-5-3-1;1-3(2)4;/h1-5H;1-2H3;1H. The zero-order chi connectivity index (χ0) is 7.82. The smallest absolute Gasteiger partial charge is 0.126 e. The van der Waals surface area contributed by atoms with E-state index >= 15 is 0 Å². The van der Waals surface area contributed by atoms with E-state index in [1.165, 1.54) is 13.8 Å². The largest absolute Gasteiger partial charge is 0.300 e. The Hall–Kier alpha value is -0.890. The normalized spacial score (nSPS) is 6.73. The van der Waals surface area contributed by atoms with Crippen LogP contribution in [0.4, 0.5) is 0 Å². The lowest BCUT2D eigenvalue weighted by atomic mass is 10.5. The van der Waals surface area contributed by atoms with Gasteiger partial charge in [0.2, 0.25) is 0 Å². The van der Waals surface area contributed by atoms with Gasteiger partial charge >= 0.3 is 0 Å². The minimum atomic E-state index is 0. The van der Waals surface area contributed by atoms with Gasteiger partial charge in [-0.05, 0) is 26.0 Å². The lowest BCUT2D eigenvalue weighted by Crippen LogP contribution is -1.69. The molecule has 0 spiro atoms. The van der Waals surface area contributed by atoms with Gasteiger partial charge in [0.1, 0.15) is 5.78 Å². The molecule has 0 radical (unpaired) electrons. The topological polar surface area (TPSA) is 30.0 Å². The van der Waals surface area contributed by atoms with Gasteiger partial charge in [0.15, 0.2) is 0 Å². The van der Waals surface area contributed by atoms with Crippen LogP contribution in [0, 0.1) is 0 Å². The van der Waals surface area contributed by atoms with Crippen molar-refractivity contribution in [2.24, 2.45) is 0 Å². The van der Waals surface area contributed by atoms with Crippen molar-refractivity contribution in [3.05, 3.63) is 30.6 Å². The fourth-order valence-electron chi connectivity index (χ4n) is 0.313. The predicted octanol–water partition coefficient (Wildman–Crippen LogP) is 2.10. The van der Waals surface area contributed by atoms with E-state index in [0.29, 0.717) is 0 Å². The SMILES string of the molecule is CC(C)=O.Cl.c1ccncc1. The Bertz CT molecular complexity index is 146. The number of carbonyl (C=O) groups is 1. The van der Waals surface area contributed by atoms with E-state index in [4.69, 9.17) is 0 Å². The van der Waals surface area contributed by atoms with E-state index < -0.39 is 0 Å². The molecule has 0 saturated heterocycles. The van der Waals surface area contributed by atoms with E-state index in [1.807, 2.05) is 18.2 Å². The summed E-state index contributed by atoms with van der Waals surface area (Å²) in [7, 11) is 0. The van der Waals surface area contributed by atoms with Crippen molar-refractivity contribution in [3.8, 4) is 0 Å². The Labute approximate surface area is 73.1 Å². The summed E-state index contributed by atoms with van der Waals surface area (Å²) in [6.07, 6.45) is 3.50. The molecule has 0 bridgehead atoms. The molecular formula is C8H12ClNO. The van der Waals surface area contributed by atoms with Crippen LogP contribution >= 0.6 is 12.4 Å². The maximum absolute atomic E-state index is 9.44. The highest BCUT2D eigenvalue weighted by atomic mass is 35.5. The Morgan fingerprint density at radius 1 is 1.09 bits per heavy atom. The minimum Gasteiger partial charge on any atom is -0.300 e. The van der Waals surface area contributed by atoms with Crippen LogP contribution < -0.4 is 0 Å². The number of Topliss-reactive ketones (excluding diaryl/α,β-unsaturated/α-hetero) is 1. The number of hydrogen-bond acceptors (Lipinski definition) is 2. The molecule has 1 rings (SSSR count). The van der Waals surface area contributed by atoms with E-state index in [-0.39, 0.29) is 18.2 Å². The molecular weight excluding hydrogens is 162 g/mol. The molecule has 1 aromatic heterocycles. The van der Waals surface area contributed by atoms with E-state index in [2.05, 4.69) is 4.98 Å². The quantitative estimate of drug-likeness (QED) is 0.602. The monoisotopic (exact) mass is 173 g/mol. The van der Waals surface area contributed by atoms with Crippen LogP contribution in [-0.4, -0.2) is 10.8 Å². The number of hydrogen-bond donors (Lipinski definition) is 0. The van der Waals surface area contributed by atoms with Crippen LogP contribution in [0.25, 0.3) is 0 Å². The summed E-state index contributed by atoms with van der Waals surface area (Å²) < 4.78 is 0. The van der Waals surface area contributed by atoms with E-state index in [9.17, 15) is 4.79 Å². The van der Waals surface area contributed by atoms with Crippen LogP contribution in [-0.2, 0) is 4.79 Å². The van der Waals surface area contributed by atoms with Crippen LogP contribution in [0.2, 0.25) is 0 Å². The molecule has 0 aliphatic rings. The molecule has 0 N–H and O–H groups in total. The summed E-state index contributed by atoms with van der Waals surface area (Å²) in [5, 5.41) is 0. The van der Waals surface area contributed by atoms with Crippen LogP contribution in [0.15, 0.2) is 30.6 Å². The molecule has 0 amide bonds. The summed E-state index contributed by atoms with van der Waals surface area (Å²) in [6, 6.07) is 5.72. The van der Waals surface area contributed by atoms with E-state index in [1.54, 1.807) is 12.4 Å². The van der Waals surface area contributed by atoms with Gasteiger partial charge in [-0.1, -0.05) is 6.07 Å². The highest BCUT2D eigenvalue weighted by Crippen LogP contribution is 1.73. The molecule has 1 heterocycles. The highest BCUT2D eigenvalue weighted by Gasteiger charge is 1.62. The Morgan fingerprint density at radius 2 is 1.45 bits per heavy atom. The molecule has 11 heavy (non-hydrogen) atoms. The van der Waals surface area contributed by atoms with Gasteiger partial charge in [0, 0.05) is 12.4 Å². The molecule has 0 aliphatic heterocycles. The van der Waals surface area contributed by atoms with Crippen molar-refractivity contribution in [3.63, 3.8) is 0 Å². The van der Waals surface area contributed by atoms with Crippen LogP contribution in [0.3, 0.4) is 0 Å². The van der Waals surface area contributed by atoms with Crippen molar-refractivity contribution >= 4 is 18.2 Å². The van der Waals surface area contributed by atoms with Crippen LogP contribution in [0.1, 0.15) is 13.8 Å². The van der Waals surface area contributed by atoms with Gasteiger partial charge in [-0.15, -0.1) is 12.4 Å². The fourth-order valence-corrected chi connectivity index (χ4v) is 0.313. The summed E-state index contributed by atoms with van der Waals surface area (Å²) >= 11 is 0. The lowest BCUT2D eigenvalue weighted by Gasteiger charge is -1.70. The molecule has 62 valence electrons. The molecule has 2 nitrogen and oxygen atoms in total. The molecule has 0 aromatic carbocycles. The van der Waals surface area contributed by atoms with Crippen LogP contribution in [0.5, 0.6) is 0 Å². The van der Waals surface area contributed by atoms with Crippen molar-refractivity contribution in [1.82, 2.24) is 4.98 Å². The molecule has 3 heteroatoms. The molecule has 0 saturated carbocycles. The first-order valence-corrected chi connectivity index (χ1v) is 3.05. The zero-order valence-corrected chi connectivity index (χ0v) is 7.47. The predicted molar refractivity (Wildman–Crippen MR) is 47.8 cm³/mol. The molecule has 1 aromatic rings. The van der Waals surface area contributed by atoms with Crippen molar-refractivity contribution < 1.29 is 4.79 Å². The number of ketones is 1. The maximum atomic E-state index is 9.44. The first-order valence-electron chi connectivity index (χ1n) is 3.05. The Kier molecular flexibility index (Phi) is 10.6. The second-order valence-electron chi connectivity index (χ2n) is 1.93. The Morgan fingerprint density at radius 3 is 1.55 bits per heavy atom. The molecule has 0 fully saturated rings. The average molecular weight is 174 g/mol. The third-order valence-corrected chi connectivity index (χ3v) is 0.566. The highest BCUT2D eigenvalue weighted by molar-refractivity contribution is 5.85. The summed E-state index contributed by atoms with van der Waals surface area (Å²) in [5.74, 6) is 0.167. The number of nitrogens with zero attached hydrogens (tertiary/aromatic N) is 1. The van der Waals surface area contributed by atoms with Gasteiger partial charge in [-0.3, -0.25) is 4.98 Å². The maximum Gasteiger partial charge on any atom is 0.126 e. The third-order valence-electron chi connectivity index (χ3n) is 0.566. The van der Waals surface area contributed by atoms with Crippen molar-refractivity contribution in [2.45, 2.75) is 13.8 Å². The number of carbonyl (C=O) groups excluding carboxylic acids is 1. The van der Waals surface area contributed by atoms with Gasteiger partial charge in [0.25, 0.3) is 0 Å². The van der Waals surface area contributed by atoms with Gasteiger partial charge in [0.05, 0.1) is 0 Å². The third kappa shape index (κ3) is 17.6. The van der Waals surface area contributed by atoms with Gasteiger partial charge in [-0.25, -0.2) is 0 Å². The zero-order valence-electron chi connectivity index (χ0n) is 6.65. The number of rotatable bonds is 0. The van der Waals surface area contributed by atoms with Crippen molar-refractivity contribution in [1.29, 1.82) is 0 Å². The lowest BCUT2D eigenvalue weighted by molar-refractivity contribution is -0.114. The molecule has 0 aliphatic carbocycles. The fraction of sp³-hybridized carbons (Fsp3) is 0.250. The number of aromatic nitrogens is 1. The number of pyridine rings is 1. The Balaban J connectivity index is 0. The second-order valence-corrected chi connectivity index (χ2v) is 1.93. The van der Waals surface area contributed by atoms with E-state index in [0.717, 1.165) is 0 Å². The average Bonchev–Trinajstić information content (AvgIpc) is 1.90. The second kappa shape index (κ2) is 9.11. The molecule has 0 atom stereocenters. The summed E-state index contributed by atoms with van der Waals surface area (Å²) in [6.45, 7) is 3.06.